The number of rotatable bonds is 3. The molecular weight excluding hydrogens is 420 g/mol. The van der Waals surface area contributed by atoms with Crippen molar-refractivity contribution in [2.75, 3.05) is 17.8 Å². The van der Waals surface area contributed by atoms with E-state index >= 15 is 0 Å². The number of hydrogen-bond acceptors (Lipinski definition) is 3. The van der Waals surface area contributed by atoms with Crippen LogP contribution >= 0.6 is 10.0 Å². The van der Waals surface area contributed by atoms with Gasteiger partial charge < -0.3 is 15.4 Å². The van der Waals surface area contributed by atoms with Crippen LogP contribution < -0.4 is 10.7 Å². The molecule has 1 heterocycles. The van der Waals surface area contributed by atoms with Crippen molar-refractivity contribution in [2.45, 2.75) is 56.6 Å². The van der Waals surface area contributed by atoms with Crippen molar-refractivity contribution in [3.05, 3.63) is 63.9 Å². The Kier molecular flexibility index (Phi) is 5.98. The van der Waals surface area contributed by atoms with Crippen LogP contribution in [-0.2, 0) is 5.41 Å². The Morgan fingerprint density at radius 2 is 1.66 bits per heavy atom. The molecule has 32 heavy (non-hydrogen) atoms. The number of aromatic hydroxyl groups is 1. The maximum atomic E-state index is 13.1. The molecule has 0 saturated carbocycles. The molecule has 2 aromatic carbocycles. The molecule has 0 bridgehead atoms. The zero-order valence-corrected chi connectivity index (χ0v) is 21.0. The number of carbonyl (C=O) groups excluding carboxylic acids is 1. The highest BCUT2D eigenvalue weighted by Crippen LogP contribution is 2.63. The Labute approximate surface area is 191 Å². The Morgan fingerprint density at radius 1 is 1.03 bits per heavy atom. The highest BCUT2D eigenvalue weighted by atomic mass is 32.3. The van der Waals surface area contributed by atoms with Crippen LogP contribution in [0.5, 0.6) is 5.75 Å². The van der Waals surface area contributed by atoms with Gasteiger partial charge in [-0.25, -0.2) is 10.0 Å². The van der Waals surface area contributed by atoms with Gasteiger partial charge in [0, 0.05) is 33.7 Å². The number of hydrogen-bond donors (Lipinski definition) is 3. The van der Waals surface area contributed by atoms with E-state index in [1.807, 2.05) is 12.1 Å². The van der Waals surface area contributed by atoms with Crippen LogP contribution in [0.2, 0.25) is 0 Å². The maximum Gasteiger partial charge on any atom is 0.261 e. The molecule has 172 valence electrons. The predicted octanol–water partition coefficient (Wildman–Crippen LogP) is 6.01. The number of amides is 1. The molecule has 3 rings (SSSR count). The average molecular weight is 455 g/mol. The molecule has 0 radical (unpaired) electrons. The third-order valence-electron chi connectivity index (χ3n) is 6.27. The van der Waals surface area contributed by atoms with E-state index in [-0.39, 0.29) is 26.9 Å². The molecule has 0 atom stereocenters. The number of anilines is 1. The lowest BCUT2D eigenvalue weighted by Gasteiger charge is -2.45. The summed E-state index contributed by atoms with van der Waals surface area (Å²) in [5.74, 6) is -0.340. The Bertz CT molecular complexity index is 1240. The fraction of sp³-hybridized carbons (Fsp3) is 0.385. The zero-order chi connectivity index (χ0) is 24.1. The summed E-state index contributed by atoms with van der Waals surface area (Å²) in [6.45, 7) is 12.8. The summed E-state index contributed by atoms with van der Waals surface area (Å²) in [4.78, 5) is 29.9. The van der Waals surface area contributed by atoms with Gasteiger partial charge in [0.25, 0.3) is 5.91 Å². The van der Waals surface area contributed by atoms with Crippen LogP contribution in [-0.4, -0.2) is 33.3 Å². The Hall–Kier alpha value is -2.73. The summed E-state index contributed by atoms with van der Waals surface area (Å²) in [6, 6.07) is 10.8. The van der Waals surface area contributed by atoms with Gasteiger partial charge in [-0.05, 0) is 46.4 Å². The number of para-hydroxylation sites is 1. The van der Waals surface area contributed by atoms with Gasteiger partial charge in [0.05, 0.1) is 0 Å². The lowest BCUT2D eigenvalue weighted by molar-refractivity contribution is 0.102. The van der Waals surface area contributed by atoms with Gasteiger partial charge in [0.1, 0.15) is 11.3 Å². The van der Waals surface area contributed by atoms with E-state index in [1.165, 1.54) is 6.20 Å². The molecule has 0 fully saturated rings. The number of H-pyrrole nitrogens is 1. The Balaban J connectivity index is 2.11. The molecule has 0 unspecified atom stereocenters. The second-order valence-corrected chi connectivity index (χ2v) is 14.9. The molecule has 6 heteroatoms. The van der Waals surface area contributed by atoms with Gasteiger partial charge in [-0.15, -0.1) is 0 Å². The fourth-order valence-corrected chi connectivity index (χ4v) is 5.21. The van der Waals surface area contributed by atoms with Crippen LogP contribution in [0.1, 0.15) is 57.5 Å². The van der Waals surface area contributed by atoms with Crippen molar-refractivity contribution < 1.29 is 9.90 Å². The van der Waals surface area contributed by atoms with E-state index in [0.29, 0.717) is 16.6 Å². The molecule has 0 aliphatic heterocycles. The molecule has 0 saturated heterocycles. The summed E-state index contributed by atoms with van der Waals surface area (Å²) in [6.07, 6.45) is 5.83. The molecular formula is C26H34N2O3S. The molecule has 0 spiro atoms. The van der Waals surface area contributed by atoms with E-state index in [4.69, 9.17) is 0 Å². The molecule has 5 nitrogen and oxygen atoms in total. The minimum Gasteiger partial charge on any atom is -0.507 e. The van der Waals surface area contributed by atoms with Crippen LogP contribution in [0.4, 0.5) is 5.69 Å². The van der Waals surface area contributed by atoms with E-state index < -0.39 is 15.9 Å². The van der Waals surface area contributed by atoms with Crippen molar-refractivity contribution in [1.29, 1.82) is 0 Å². The quantitative estimate of drug-likeness (QED) is 0.453. The SMILES string of the molecule is CC(C)(C)c1cc(S(C)(C)C(C)(C)C)c(O)cc1NC(=O)c1c[nH]c2ccccc2c1=O. The molecule has 3 aromatic rings. The van der Waals surface area contributed by atoms with Crippen molar-refractivity contribution >= 4 is 32.5 Å². The highest BCUT2D eigenvalue weighted by Gasteiger charge is 2.34. The van der Waals surface area contributed by atoms with Crippen LogP contribution in [0.3, 0.4) is 0 Å². The first-order valence-corrected chi connectivity index (χ1v) is 13.1. The monoisotopic (exact) mass is 454 g/mol. The smallest absolute Gasteiger partial charge is 0.261 e. The minimum absolute atomic E-state index is 0.0111. The minimum atomic E-state index is -1.34. The summed E-state index contributed by atoms with van der Waals surface area (Å²) in [7, 11) is -1.34. The summed E-state index contributed by atoms with van der Waals surface area (Å²) in [5.41, 5.74) is 1.54. The van der Waals surface area contributed by atoms with E-state index in [2.05, 4.69) is 64.4 Å². The lowest BCUT2D eigenvalue weighted by Crippen LogP contribution is -2.26. The van der Waals surface area contributed by atoms with E-state index in [1.54, 1.807) is 24.3 Å². The predicted molar refractivity (Wildman–Crippen MR) is 137 cm³/mol. The van der Waals surface area contributed by atoms with Gasteiger partial charge in [-0.3, -0.25) is 9.59 Å². The molecule has 1 aromatic heterocycles. The van der Waals surface area contributed by atoms with Gasteiger partial charge >= 0.3 is 0 Å². The third kappa shape index (κ3) is 4.29. The number of benzene rings is 2. The van der Waals surface area contributed by atoms with E-state index in [9.17, 15) is 14.7 Å². The van der Waals surface area contributed by atoms with Gasteiger partial charge in [-0.2, -0.15) is 0 Å². The molecule has 0 aliphatic carbocycles. The van der Waals surface area contributed by atoms with Crippen LogP contribution in [0.15, 0.2) is 52.3 Å². The van der Waals surface area contributed by atoms with Crippen LogP contribution in [0, 0.1) is 0 Å². The highest BCUT2D eigenvalue weighted by molar-refractivity contribution is 8.33. The normalized spacial score (nSPS) is 13.2. The van der Waals surface area contributed by atoms with Crippen molar-refractivity contribution in [3.8, 4) is 5.75 Å². The number of pyridine rings is 1. The number of phenolic OH excluding ortho intramolecular Hbond substituents is 1. The van der Waals surface area contributed by atoms with E-state index in [0.717, 1.165) is 10.5 Å². The second-order valence-electron chi connectivity index (χ2n) is 10.6. The first-order valence-electron chi connectivity index (χ1n) is 10.7. The zero-order valence-electron chi connectivity index (χ0n) is 20.2. The molecule has 3 N–H and O–H groups in total. The van der Waals surface area contributed by atoms with Crippen molar-refractivity contribution in [1.82, 2.24) is 4.98 Å². The average Bonchev–Trinajstić information content (AvgIpc) is 2.66. The third-order valence-corrected chi connectivity index (χ3v) is 10.8. The standard InChI is InChI=1S/C26H34N2O3S/c1-25(2,3)18-13-22(32(7,8)26(4,5)6)21(29)14-20(18)28-24(31)17-15-27-19-12-10-9-11-16(19)23(17)30/h9-15,29H,1-8H3,(H,27,30)(H,28,31). The molecule has 1 amide bonds. The largest absolute Gasteiger partial charge is 0.507 e. The first-order chi connectivity index (χ1) is 14.6. The summed E-state index contributed by atoms with van der Waals surface area (Å²) < 4.78 is -0.0111. The van der Waals surface area contributed by atoms with Crippen LogP contribution in [0.25, 0.3) is 10.9 Å². The Morgan fingerprint density at radius 3 is 2.25 bits per heavy atom. The number of aromatic nitrogens is 1. The van der Waals surface area contributed by atoms with Gasteiger partial charge in [0.2, 0.25) is 5.43 Å². The van der Waals surface area contributed by atoms with Crippen molar-refractivity contribution in [3.63, 3.8) is 0 Å². The fourth-order valence-electron chi connectivity index (χ4n) is 3.56. The lowest BCUT2D eigenvalue weighted by atomic mass is 9.85. The summed E-state index contributed by atoms with van der Waals surface area (Å²) >= 11 is 0. The number of phenols is 1. The summed E-state index contributed by atoms with van der Waals surface area (Å²) in [5, 5.41) is 14.3. The van der Waals surface area contributed by atoms with Crippen molar-refractivity contribution in [2.24, 2.45) is 0 Å². The first kappa shape index (κ1) is 23.9. The number of fused-ring (bicyclic) bond motifs is 1. The molecule has 0 aliphatic rings. The number of carbonyl (C=O) groups is 1. The second kappa shape index (κ2) is 8.00. The maximum absolute atomic E-state index is 13.1. The number of aromatic amines is 1. The topological polar surface area (TPSA) is 82.2 Å². The van der Waals surface area contributed by atoms with Gasteiger partial charge in [0.15, 0.2) is 0 Å². The van der Waals surface area contributed by atoms with Gasteiger partial charge in [-0.1, -0.05) is 53.7 Å². The number of nitrogens with one attached hydrogen (secondary N) is 2.